The molecule has 0 aliphatic carbocycles. The first-order valence-corrected chi connectivity index (χ1v) is 10.4. The first-order valence-electron chi connectivity index (χ1n) is 8.55. The van der Waals surface area contributed by atoms with Crippen molar-refractivity contribution in [3.63, 3.8) is 0 Å². The summed E-state index contributed by atoms with van der Waals surface area (Å²) in [5.41, 5.74) is 2.77. The summed E-state index contributed by atoms with van der Waals surface area (Å²) in [5.74, 6) is -0.451. The third kappa shape index (κ3) is 4.16. The van der Waals surface area contributed by atoms with Gasteiger partial charge in [-0.3, -0.25) is 4.79 Å². The third-order valence-corrected chi connectivity index (χ3v) is 6.87. The van der Waals surface area contributed by atoms with E-state index in [0.717, 1.165) is 11.1 Å². The maximum Gasteiger partial charge on any atom is 0.257 e. The van der Waals surface area contributed by atoms with Crippen molar-refractivity contribution in [2.75, 3.05) is 31.6 Å². The fourth-order valence-corrected chi connectivity index (χ4v) is 4.49. The molecule has 3 rings (SSSR count). The number of carbonyl (C=O) groups excluding carboxylic acids is 1. The summed E-state index contributed by atoms with van der Waals surface area (Å²) in [6.07, 6.45) is 0. The number of ether oxygens (including phenoxy) is 1. The maximum absolute atomic E-state index is 12.8. The van der Waals surface area contributed by atoms with Crippen molar-refractivity contribution in [1.82, 2.24) is 4.31 Å². The van der Waals surface area contributed by atoms with Crippen molar-refractivity contribution in [1.29, 1.82) is 0 Å². The second-order valence-corrected chi connectivity index (χ2v) is 8.70. The van der Waals surface area contributed by atoms with Crippen LogP contribution < -0.4 is 5.32 Å². The zero-order valence-electron chi connectivity index (χ0n) is 15.2. The Labute approximate surface area is 164 Å². The zero-order valence-corrected chi connectivity index (χ0v) is 16.7. The summed E-state index contributed by atoms with van der Waals surface area (Å²) in [4.78, 5) is 12.8. The molecule has 2 aromatic rings. The molecule has 8 heteroatoms. The topological polar surface area (TPSA) is 75.7 Å². The summed E-state index contributed by atoms with van der Waals surface area (Å²) in [6, 6.07) is 9.77. The third-order valence-electron chi connectivity index (χ3n) is 4.64. The number of nitrogens with zero attached hydrogens (tertiary/aromatic N) is 1. The van der Waals surface area contributed by atoms with Gasteiger partial charge in [0.25, 0.3) is 5.91 Å². The lowest BCUT2D eigenvalue weighted by molar-refractivity contribution is 0.0730. The molecule has 2 aromatic carbocycles. The molecule has 0 saturated carbocycles. The van der Waals surface area contributed by atoms with Crippen molar-refractivity contribution in [2.24, 2.45) is 0 Å². The van der Waals surface area contributed by atoms with Crippen LogP contribution in [-0.2, 0) is 14.8 Å². The monoisotopic (exact) mass is 408 g/mol. The van der Waals surface area contributed by atoms with Gasteiger partial charge >= 0.3 is 0 Å². The van der Waals surface area contributed by atoms with Gasteiger partial charge in [-0.25, -0.2) is 8.42 Å². The molecule has 0 spiro atoms. The van der Waals surface area contributed by atoms with Gasteiger partial charge in [0.2, 0.25) is 10.0 Å². The van der Waals surface area contributed by atoms with Crippen LogP contribution in [0, 0.1) is 13.8 Å². The second-order valence-electron chi connectivity index (χ2n) is 6.36. The van der Waals surface area contributed by atoms with Gasteiger partial charge in [-0.05, 0) is 49.2 Å². The quantitative estimate of drug-likeness (QED) is 0.842. The van der Waals surface area contributed by atoms with E-state index in [0.29, 0.717) is 18.9 Å². The predicted molar refractivity (Wildman–Crippen MR) is 105 cm³/mol. The average molecular weight is 409 g/mol. The number of aryl methyl sites for hydroxylation is 1. The molecule has 1 fully saturated rings. The number of halogens is 1. The van der Waals surface area contributed by atoms with Crippen molar-refractivity contribution in [2.45, 2.75) is 18.7 Å². The van der Waals surface area contributed by atoms with Gasteiger partial charge in [0, 0.05) is 18.8 Å². The number of rotatable bonds is 4. The number of benzene rings is 2. The molecule has 27 heavy (non-hydrogen) atoms. The van der Waals surface area contributed by atoms with Crippen LogP contribution in [0.4, 0.5) is 5.69 Å². The number of sulfonamides is 1. The first-order chi connectivity index (χ1) is 12.8. The molecule has 6 nitrogen and oxygen atoms in total. The molecule has 1 amide bonds. The Balaban J connectivity index is 1.91. The largest absolute Gasteiger partial charge is 0.379 e. The van der Waals surface area contributed by atoms with E-state index in [1.54, 1.807) is 6.07 Å². The highest BCUT2D eigenvalue weighted by molar-refractivity contribution is 7.89. The summed E-state index contributed by atoms with van der Waals surface area (Å²) in [5, 5.41) is 3.01. The molecular weight excluding hydrogens is 388 g/mol. The van der Waals surface area contributed by atoms with Crippen LogP contribution >= 0.6 is 11.6 Å². The fraction of sp³-hybridized carbons (Fsp3) is 0.316. The van der Waals surface area contributed by atoms with E-state index >= 15 is 0 Å². The number of morpholine rings is 1. The highest BCUT2D eigenvalue weighted by atomic mass is 35.5. The van der Waals surface area contributed by atoms with Gasteiger partial charge in [0.1, 0.15) is 0 Å². The molecular formula is C19H21ClN2O4S. The molecule has 0 radical (unpaired) electrons. The number of hydrogen-bond donors (Lipinski definition) is 1. The maximum atomic E-state index is 12.8. The van der Waals surface area contributed by atoms with Gasteiger partial charge < -0.3 is 10.1 Å². The van der Waals surface area contributed by atoms with E-state index in [-0.39, 0.29) is 28.6 Å². The van der Waals surface area contributed by atoms with Gasteiger partial charge in [0.05, 0.1) is 28.7 Å². The minimum Gasteiger partial charge on any atom is -0.379 e. The van der Waals surface area contributed by atoms with E-state index in [1.807, 2.05) is 26.0 Å². The Kier molecular flexibility index (Phi) is 5.86. The summed E-state index contributed by atoms with van der Waals surface area (Å²) < 4.78 is 32.2. The van der Waals surface area contributed by atoms with Crippen molar-refractivity contribution in [3.8, 4) is 0 Å². The highest BCUT2D eigenvalue weighted by Gasteiger charge is 2.27. The van der Waals surface area contributed by atoms with Crippen molar-refractivity contribution < 1.29 is 17.9 Å². The molecule has 144 valence electrons. The summed E-state index contributed by atoms with van der Waals surface area (Å²) in [7, 11) is -3.71. The van der Waals surface area contributed by atoms with Gasteiger partial charge in [-0.1, -0.05) is 23.7 Å². The number of carbonyl (C=O) groups is 1. The van der Waals surface area contributed by atoms with Crippen molar-refractivity contribution >= 4 is 33.2 Å². The van der Waals surface area contributed by atoms with E-state index in [9.17, 15) is 13.2 Å². The first kappa shape index (κ1) is 19.8. The minimum absolute atomic E-state index is 0.0416. The van der Waals surface area contributed by atoms with Crippen LogP contribution in [0.1, 0.15) is 21.5 Å². The van der Waals surface area contributed by atoms with Crippen LogP contribution in [0.3, 0.4) is 0 Å². The average Bonchev–Trinajstić information content (AvgIpc) is 2.66. The Hall–Kier alpha value is -1.93. The predicted octanol–water partition coefficient (Wildman–Crippen LogP) is 3.23. The Bertz CT molecular complexity index is 970. The van der Waals surface area contributed by atoms with Gasteiger partial charge in [-0.15, -0.1) is 0 Å². The molecule has 0 atom stereocenters. The smallest absolute Gasteiger partial charge is 0.257 e. The molecule has 0 aromatic heterocycles. The highest BCUT2D eigenvalue weighted by Crippen LogP contribution is 2.25. The van der Waals surface area contributed by atoms with Crippen molar-refractivity contribution in [3.05, 3.63) is 58.1 Å². The Morgan fingerprint density at radius 1 is 1.15 bits per heavy atom. The summed E-state index contributed by atoms with van der Waals surface area (Å²) in [6.45, 7) is 5.14. The minimum atomic E-state index is -3.71. The molecule has 1 heterocycles. The SMILES string of the molecule is Cc1cccc(NC(=O)c2cc(S(=O)(=O)N3CCOCC3)ccc2Cl)c1C. The summed E-state index contributed by atoms with van der Waals surface area (Å²) >= 11 is 6.17. The van der Waals surface area contributed by atoms with Crippen LogP contribution in [0.5, 0.6) is 0 Å². The van der Waals surface area contributed by atoms with Crippen LogP contribution in [-0.4, -0.2) is 44.9 Å². The fourth-order valence-electron chi connectivity index (χ4n) is 2.85. The molecule has 0 unspecified atom stereocenters. The van der Waals surface area contributed by atoms with Crippen LogP contribution in [0.15, 0.2) is 41.3 Å². The molecule has 1 aliphatic heterocycles. The Morgan fingerprint density at radius 2 is 1.85 bits per heavy atom. The van der Waals surface area contributed by atoms with E-state index in [2.05, 4.69) is 5.32 Å². The lowest BCUT2D eigenvalue weighted by Gasteiger charge is -2.26. The molecule has 1 N–H and O–H groups in total. The van der Waals surface area contributed by atoms with E-state index in [4.69, 9.17) is 16.3 Å². The van der Waals surface area contributed by atoms with E-state index < -0.39 is 15.9 Å². The zero-order chi connectivity index (χ0) is 19.6. The number of hydrogen-bond acceptors (Lipinski definition) is 4. The van der Waals surface area contributed by atoms with E-state index in [1.165, 1.54) is 22.5 Å². The number of amides is 1. The Morgan fingerprint density at radius 3 is 2.56 bits per heavy atom. The second kappa shape index (κ2) is 7.98. The number of anilines is 1. The molecule has 1 saturated heterocycles. The molecule has 1 aliphatic rings. The normalized spacial score (nSPS) is 15.5. The van der Waals surface area contributed by atoms with Gasteiger partial charge in [0.15, 0.2) is 0 Å². The lowest BCUT2D eigenvalue weighted by Crippen LogP contribution is -2.40. The van der Waals surface area contributed by atoms with Gasteiger partial charge in [-0.2, -0.15) is 4.31 Å². The number of nitrogens with one attached hydrogen (secondary N) is 1. The lowest BCUT2D eigenvalue weighted by atomic mass is 10.1. The standard InChI is InChI=1S/C19H21ClN2O4S/c1-13-4-3-5-18(14(13)2)21-19(23)16-12-15(6-7-17(16)20)27(24,25)22-8-10-26-11-9-22/h3-7,12H,8-11H2,1-2H3,(H,21,23). The van der Waals surface area contributed by atoms with Crippen LogP contribution in [0.25, 0.3) is 0 Å². The van der Waals surface area contributed by atoms with Crippen LogP contribution in [0.2, 0.25) is 5.02 Å². The molecule has 0 bridgehead atoms.